The second-order valence-corrected chi connectivity index (χ2v) is 8.54. The summed E-state index contributed by atoms with van der Waals surface area (Å²) >= 11 is 1.61. The summed E-state index contributed by atoms with van der Waals surface area (Å²) in [6.45, 7) is 6.19. The Kier molecular flexibility index (Phi) is 6.69. The number of rotatable bonds is 8. The molecule has 0 bridgehead atoms. The molecule has 1 aliphatic rings. The lowest BCUT2D eigenvalue weighted by Gasteiger charge is -2.15. The first-order valence-electron chi connectivity index (χ1n) is 10.2. The molecule has 1 aliphatic heterocycles. The van der Waals surface area contributed by atoms with Crippen LogP contribution in [0.2, 0.25) is 0 Å². The number of aryl methyl sites for hydroxylation is 2. The summed E-state index contributed by atoms with van der Waals surface area (Å²) in [5.41, 5.74) is 3.13. The van der Waals surface area contributed by atoms with Crippen molar-refractivity contribution in [3.8, 4) is 17.1 Å². The van der Waals surface area contributed by atoms with Crippen molar-refractivity contribution in [3.05, 3.63) is 59.4 Å². The maximum absolute atomic E-state index is 13.4. The zero-order valence-electron chi connectivity index (χ0n) is 17.3. The number of para-hydroxylation sites is 1. The predicted molar refractivity (Wildman–Crippen MR) is 117 cm³/mol. The Hall–Kier alpha value is -2.38. The molecule has 30 heavy (non-hydrogen) atoms. The van der Waals surface area contributed by atoms with Gasteiger partial charge < -0.3 is 9.47 Å². The van der Waals surface area contributed by atoms with Crippen molar-refractivity contribution in [2.75, 3.05) is 19.0 Å². The van der Waals surface area contributed by atoms with Gasteiger partial charge in [-0.2, -0.15) is 0 Å². The molecule has 1 unspecified atom stereocenters. The summed E-state index contributed by atoms with van der Waals surface area (Å²) in [5, 5.41) is 9.63. The lowest BCUT2D eigenvalue weighted by molar-refractivity contribution is 0.0953. The van der Waals surface area contributed by atoms with Crippen molar-refractivity contribution in [1.82, 2.24) is 14.8 Å². The van der Waals surface area contributed by atoms with Crippen LogP contribution in [-0.4, -0.2) is 39.8 Å². The fraction of sp³-hybridized carbons (Fsp3) is 0.391. The van der Waals surface area contributed by atoms with Gasteiger partial charge in [0.15, 0.2) is 11.0 Å². The number of thioether (sulfide) groups is 1. The van der Waals surface area contributed by atoms with Crippen molar-refractivity contribution in [1.29, 1.82) is 0 Å². The first-order chi connectivity index (χ1) is 14.6. The Morgan fingerprint density at radius 2 is 1.90 bits per heavy atom. The summed E-state index contributed by atoms with van der Waals surface area (Å²) in [6, 6.07) is 12.5. The number of halogens is 1. The van der Waals surface area contributed by atoms with E-state index in [1.165, 1.54) is 12.1 Å². The average Bonchev–Trinajstić information content (AvgIpc) is 3.38. The lowest BCUT2D eigenvalue weighted by Crippen LogP contribution is -2.17. The highest BCUT2D eigenvalue weighted by molar-refractivity contribution is 7.99. The Balaban J connectivity index is 1.47. The summed E-state index contributed by atoms with van der Waals surface area (Å²) in [6.07, 6.45) is 2.26. The van der Waals surface area contributed by atoms with Gasteiger partial charge in [0.05, 0.1) is 19.3 Å². The van der Waals surface area contributed by atoms with Crippen LogP contribution < -0.4 is 4.74 Å². The molecule has 1 atom stereocenters. The summed E-state index contributed by atoms with van der Waals surface area (Å²) in [5.74, 6) is 2.18. The third-order valence-electron chi connectivity index (χ3n) is 5.20. The fourth-order valence-corrected chi connectivity index (χ4v) is 4.43. The topological polar surface area (TPSA) is 49.2 Å². The van der Waals surface area contributed by atoms with Crippen LogP contribution in [0.25, 0.3) is 11.4 Å². The SMILES string of the molecule is Cc1cccc(C)c1OCCSc1nnc(-c2ccc(F)cc2)n1CC1CCCO1. The van der Waals surface area contributed by atoms with Crippen molar-refractivity contribution >= 4 is 11.8 Å². The van der Waals surface area contributed by atoms with Crippen molar-refractivity contribution in [2.45, 2.75) is 44.5 Å². The standard InChI is InChI=1S/C23H26FN3O2S/c1-16-5-3-6-17(2)21(16)29-13-14-30-23-26-25-22(18-8-10-19(24)11-9-18)27(23)15-20-7-4-12-28-20/h3,5-6,8-11,20H,4,7,12-15H2,1-2H3. The van der Waals surface area contributed by atoms with Gasteiger partial charge in [0.2, 0.25) is 0 Å². The van der Waals surface area contributed by atoms with Gasteiger partial charge in [0.25, 0.3) is 0 Å². The normalized spacial score (nSPS) is 16.2. The molecule has 1 aromatic heterocycles. The summed E-state index contributed by atoms with van der Waals surface area (Å²) in [7, 11) is 0. The van der Waals surface area contributed by atoms with Gasteiger partial charge in [-0.1, -0.05) is 30.0 Å². The molecule has 2 heterocycles. The van der Waals surface area contributed by atoms with E-state index < -0.39 is 0 Å². The van der Waals surface area contributed by atoms with Gasteiger partial charge in [0.1, 0.15) is 11.6 Å². The van der Waals surface area contributed by atoms with Crippen LogP contribution in [0.15, 0.2) is 47.6 Å². The van der Waals surface area contributed by atoms with Crippen molar-refractivity contribution in [3.63, 3.8) is 0 Å². The van der Waals surface area contributed by atoms with E-state index in [1.54, 1.807) is 23.9 Å². The number of benzene rings is 2. The van der Waals surface area contributed by atoms with Crippen LogP contribution >= 0.6 is 11.8 Å². The maximum atomic E-state index is 13.4. The minimum atomic E-state index is -0.262. The number of nitrogens with zero attached hydrogens (tertiary/aromatic N) is 3. The predicted octanol–water partition coefficient (Wildman–Crippen LogP) is 5.05. The maximum Gasteiger partial charge on any atom is 0.191 e. The Labute approximate surface area is 180 Å². The second kappa shape index (κ2) is 9.62. The quantitative estimate of drug-likeness (QED) is 0.372. The van der Waals surface area contributed by atoms with Gasteiger partial charge in [-0.15, -0.1) is 10.2 Å². The van der Waals surface area contributed by atoms with E-state index in [4.69, 9.17) is 9.47 Å². The van der Waals surface area contributed by atoms with E-state index in [1.807, 2.05) is 6.07 Å². The molecule has 158 valence electrons. The summed E-state index contributed by atoms with van der Waals surface area (Å²) in [4.78, 5) is 0. The smallest absolute Gasteiger partial charge is 0.191 e. The van der Waals surface area contributed by atoms with Gasteiger partial charge in [-0.3, -0.25) is 4.57 Å². The molecule has 4 rings (SSSR count). The highest BCUT2D eigenvalue weighted by atomic mass is 32.2. The Bertz CT molecular complexity index is 964. The van der Waals surface area contributed by atoms with Gasteiger partial charge in [-0.05, 0) is 62.1 Å². The first kappa shape index (κ1) is 20.9. The van der Waals surface area contributed by atoms with Crippen LogP contribution in [0.5, 0.6) is 5.75 Å². The van der Waals surface area contributed by atoms with Gasteiger partial charge in [0, 0.05) is 17.9 Å². The molecule has 3 aromatic rings. The molecule has 0 aliphatic carbocycles. The van der Waals surface area contributed by atoms with E-state index >= 15 is 0 Å². The van der Waals surface area contributed by atoms with E-state index in [0.29, 0.717) is 13.2 Å². The minimum absolute atomic E-state index is 0.158. The third kappa shape index (κ3) is 4.84. The van der Waals surface area contributed by atoms with Crippen LogP contribution in [0.4, 0.5) is 4.39 Å². The number of aromatic nitrogens is 3. The number of hydrogen-bond donors (Lipinski definition) is 0. The molecule has 0 saturated carbocycles. The Morgan fingerprint density at radius 1 is 1.13 bits per heavy atom. The second-order valence-electron chi connectivity index (χ2n) is 7.48. The minimum Gasteiger partial charge on any atom is -0.492 e. The molecular formula is C23H26FN3O2S. The van der Waals surface area contributed by atoms with Crippen molar-refractivity contribution < 1.29 is 13.9 Å². The first-order valence-corrected chi connectivity index (χ1v) is 11.2. The number of ether oxygens (including phenoxy) is 2. The number of hydrogen-bond acceptors (Lipinski definition) is 5. The highest BCUT2D eigenvalue weighted by Gasteiger charge is 2.22. The average molecular weight is 428 g/mol. The summed E-state index contributed by atoms with van der Waals surface area (Å²) < 4.78 is 27.3. The van der Waals surface area contributed by atoms with Crippen LogP contribution in [-0.2, 0) is 11.3 Å². The monoisotopic (exact) mass is 427 g/mol. The van der Waals surface area contributed by atoms with Gasteiger partial charge >= 0.3 is 0 Å². The molecule has 0 spiro atoms. The zero-order chi connectivity index (χ0) is 20.9. The zero-order valence-corrected chi connectivity index (χ0v) is 18.1. The molecule has 1 saturated heterocycles. The van der Waals surface area contributed by atoms with Crippen LogP contribution in [0.1, 0.15) is 24.0 Å². The van der Waals surface area contributed by atoms with E-state index in [2.05, 4.69) is 40.7 Å². The van der Waals surface area contributed by atoms with Crippen molar-refractivity contribution in [2.24, 2.45) is 0 Å². The molecule has 7 heteroatoms. The Morgan fingerprint density at radius 3 is 2.60 bits per heavy atom. The molecule has 1 fully saturated rings. The van der Waals surface area contributed by atoms with E-state index in [-0.39, 0.29) is 11.9 Å². The molecule has 0 N–H and O–H groups in total. The molecule has 5 nitrogen and oxygen atoms in total. The largest absolute Gasteiger partial charge is 0.492 e. The van der Waals surface area contributed by atoms with Gasteiger partial charge in [-0.25, -0.2) is 4.39 Å². The fourth-order valence-electron chi connectivity index (χ4n) is 3.67. The molecular weight excluding hydrogens is 401 g/mol. The highest BCUT2D eigenvalue weighted by Crippen LogP contribution is 2.27. The van der Waals surface area contributed by atoms with E-state index in [0.717, 1.165) is 58.6 Å². The third-order valence-corrected chi connectivity index (χ3v) is 6.13. The van der Waals surface area contributed by atoms with Crippen LogP contribution in [0, 0.1) is 19.7 Å². The van der Waals surface area contributed by atoms with Crippen LogP contribution in [0.3, 0.4) is 0 Å². The molecule has 0 radical (unpaired) electrons. The van der Waals surface area contributed by atoms with E-state index in [9.17, 15) is 4.39 Å². The lowest BCUT2D eigenvalue weighted by atomic mass is 10.1. The molecule has 0 amide bonds. The molecule has 2 aromatic carbocycles.